The standard InChI is InChI=1S/C13H15BrN2S/c1-2-11(15)7-13-16-12(8-17-13)9-4-3-5-10(14)6-9/h3-6,8,11H,2,7,15H2,1H3. The lowest BCUT2D eigenvalue weighted by Gasteiger charge is -2.04. The summed E-state index contributed by atoms with van der Waals surface area (Å²) in [5.41, 5.74) is 8.12. The van der Waals surface area contributed by atoms with Gasteiger partial charge in [0.2, 0.25) is 0 Å². The summed E-state index contributed by atoms with van der Waals surface area (Å²) in [7, 11) is 0. The molecule has 17 heavy (non-hydrogen) atoms. The second kappa shape index (κ2) is 5.76. The zero-order valence-electron chi connectivity index (χ0n) is 9.69. The summed E-state index contributed by atoms with van der Waals surface area (Å²) in [5.74, 6) is 0. The number of hydrogen-bond donors (Lipinski definition) is 1. The van der Waals surface area contributed by atoms with Crippen LogP contribution >= 0.6 is 27.3 Å². The van der Waals surface area contributed by atoms with Crippen LogP contribution < -0.4 is 5.73 Å². The average Bonchev–Trinajstić information content (AvgIpc) is 2.77. The quantitative estimate of drug-likeness (QED) is 0.931. The number of hydrogen-bond acceptors (Lipinski definition) is 3. The van der Waals surface area contributed by atoms with E-state index in [0.29, 0.717) is 0 Å². The van der Waals surface area contributed by atoms with Crippen molar-refractivity contribution in [2.24, 2.45) is 5.73 Å². The van der Waals surface area contributed by atoms with E-state index in [1.165, 1.54) is 0 Å². The van der Waals surface area contributed by atoms with E-state index in [4.69, 9.17) is 5.73 Å². The molecule has 1 atom stereocenters. The zero-order chi connectivity index (χ0) is 12.3. The Morgan fingerprint density at radius 3 is 3.00 bits per heavy atom. The van der Waals surface area contributed by atoms with Gasteiger partial charge in [-0.2, -0.15) is 0 Å². The highest BCUT2D eigenvalue weighted by atomic mass is 79.9. The maximum atomic E-state index is 5.94. The Balaban J connectivity index is 2.18. The molecule has 0 aliphatic carbocycles. The van der Waals surface area contributed by atoms with E-state index in [1.54, 1.807) is 11.3 Å². The Labute approximate surface area is 114 Å². The van der Waals surface area contributed by atoms with Crippen LogP contribution in [-0.2, 0) is 6.42 Å². The minimum absolute atomic E-state index is 0.219. The van der Waals surface area contributed by atoms with Crippen LogP contribution in [0.4, 0.5) is 0 Å². The predicted molar refractivity (Wildman–Crippen MR) is 77.2 cm³/mol. The van der Waals surface area contributed by atoms with Crippen molar-refractivity contribution in [3.8, 4) is 11.3 Å². The Kier molecular flexibility index (Phi) is 4.31. The second-order valence-corrected chi connectivity index (χ2v) is 5.87. The minimum Gasteiger partial charge on any atom is -0.327 e. The highest BCUT2D eigenvalue weighted by Crippen LogP contribution is 2.25. The summed E-state index contributed by atoms with van der Waals surface area (Å²) < 4.78 is 1.08. The average molecular weight is 311 g/mol. The minimum atomic E-state index is 0.219. The van der Waals surface area contributed by atoms with Gasteiger partial charge < -0.3 is 5.73 Å². The number of aromatic nitrogens is 1. The Hall–Kier alpha value is -0.710. The molecule has 1 aromatic carbocycles. The summed E-state index contributed by atoms with van der Waals surface area (Å²) in [6.45, 7) is 2.10. The highest BCUT2D eigenvalue weighted by molar-refractivity contribution is 9.10. The van der Waals surface area contributed by atoms with Crippen LogP contribution in [0, 0.1) is 0 Å². The molecule has 1 aromatic heterocycles. The van der Waals surface area contributed by atoms with Gasteiger partial charge in [-0.25, -0.2) is 4.98 Å². The Morgan fingerprint density at radius 1 is 1.47 bits per heavy atom. The van der Waals surface area contributed by atoms with Crippen LogP contribution in [0.15, 0.2) is 34.1 Å². The molecule has 0 fully saturated rings. The van der Waals surface area contributed by atoms with E-state index in [0.717, 1.165) is 33.6 Å². The topological polar surface area (TPSA) is 38.9 Å². The van der Waals surface area contributed by atoms with E-state index in [1.807, 2.05) is 12.1 Å². The third kappa shape index (κ3) is 3.37. The smallest absolute Gasteiger partial charge is 0.0948 e. The van der Waals surface area contributed by atoms with E-state index in [2.05, 4.69) is 45.4 Å². The van der Waals surface area contributed by atoms with Crippen molar-refractivity contribution in [3.05, 3.63) is 39.1 Å². The number of benzene rings is 1. The molecule has 0 radical (unpaired) electrons. The van der Waals surface area contributed by atoms with Gasteiger partial charge in [0.25, 0.3) is 0 Å². The third-order valence-electron chi connectivity index (χ3n) is 2.63. The number of halogens is 1. The fourth-order valence-corrected chi connectivity index (χ4v) is 2.85. The van der Waals surface area contributed by atoms with Gasteiger partial charge in [-0.15, -0.1) is 11.3 Å². The molecule has 2 aromatic rings. The van der Waals surface area contributed by atoms with Gasteiger partial charge in [0.15, 0.2) is 0 Å². The molecule has 1 heterocycles. The molecular weight excluding hydrogens is 296 g/mol. The lowest BCUT2D eigenvalue weighted by Crippen LogP contribution is -2.21. The van der Waals surface area contributed by atoms with Gasteiger partial charge in [-0.05, 0) is 18.6 Å². The van der Waals surface area contributed by atoms with E-state index < -0.39 is 0 Å². The zero-order valence-corrected chi connectivity index (χ0v) is 12.1. The van der Waals surface area contributed by atoms with Crippen molar-refractivity contribution in [3.63, 3.8) is 0 Å². The Morgan fingerprint density at radius 2 is 2.29 bits per heavy atom. The normalized spacial score (nSPS) is 12.6. The van der Waals surface area contributed by atoms with Gasteiger partial charge in [0, 0.05) is 27.9 Å². The van der Waals surface area contributed by atoms with E-state index in [9.17, 15) is 0 Å². The highest BCUT2D eigenvalue weighted by Gasteiger charge is 2.08. The van der Waals surface area contributed by atoms with Crippen molar-refractivity contribution >= 4 is 27.3 Å². The Bertz CT molecular complexity index is 496. The molecule has 0 amide bonds. The van der Waals surface area contributed by atoms with E-state index in [-0.39, 0.29) is 6.04 Å². The molecule has 4 heteroatoms. The largest absolute Gasteiger partial charge is 0.327 e. The van der Waals surface area contributed by atoms with Crippen molar-refractivity contribution in [1.82, 2.24) is 4.98 Å². The second-order valence-electron chi connectivity index (χ2n) is 4.01. The van der Waals surface area contributed by atoms with Crippen LogP contribution in [0.2, 0.25) is 0 Å². The molecule has 0 bridgehead atoms. The molecule has 0 aliphatic rings. The SMILES string of the molecule is CCC(N)Cc1nc(-c2cccc(Br)c2)cs1. The van der Waals surface area contributed by atoms with Gasteiger partial charge >= 0.3 is 0 Å². The summed E-state index contributed by atoms with van der Waals surface area (Å²) in [4.78, 5) is 4.63. The van der Waals surface area contributed by atoms with Crippen molar-refractivity contribution in [2.75, 3.05) is 0 Å². The maximum absolute atomic E-state index is 5.94. The van der Waals surface area contributed by atoms with Gasteiger partial charge in [0.05, 0.1) is 10.7 Å². The molecule has 0 saturated heterocycles. The fraction of sp³-hybridized carbons (Fsp3) is 0.308. The molecule has 2 N–H and O–H groups in total. The molecule has 2 nitrogen and oxygen atoms in total. The van der Waals surface area contributed by atoms with Crippen LogP contribution in [0.1, 0.15) is 18.4 Å². The number of thiazole rings is 1. The van der Waals surface area contributed by atoms with Crippen molar-refractivity contribution < 1.29 is 0 Å². The summed E-state index contributed by atoms with van der Waals surface area (Å²) in [6.07, 6.45) is 1.86. The molecule has 0 aliphatic heterocycles. The first-order chi connectivity index (χ1) is 8.19. The first-order valence-electron chi connectivity index (χ1n) is 5.65. The van der Waals surface area contributed by atoms with Gasteiger partial charge in [-0.1, -0.05) is 35.0 Å². The molecule has 0 saturated carbocycles. The first-order valence-corrected chi connectivity index (χ1v) is 7.32. The first kappa shape index (κ1) is 12.7. The lowest BCUT2D eigenvalue weighted by atomic mass is 10.1. The summed E-state index contributed by atoms with van der Waals surface area (Å²) in [5, 5.41) is 3.22. The van der Waals surface area contributed by atoms with Crippen molar-refractivity contribution in [2.45, 2.75) is 25.8 Å². The summed E-state index contributed by atoms with van der Waals surface area (Å²) in [6, 6.07) is 8.42. The maximum Gasteiger partial charge on any atom is 0.0948 e. The summed E-state index contributed by atoms with van der Waals surface area (Å²) >= 11 is 5.16. The van der Waals surface area contributed by atoms with Crippen molar-refractivity contribution in [1.29, 1.82) is 0 Å². The third-order valence-corrected chi connectivity index (χ3v) is 4.00. The van der Waals surface area contributed by atoms with Crippen LogP contribution in [0.5, 0.6) is 0 Å². The van der Waals surface area contributed by atoms with Gasteiger partial charge in [0.1, 0.15) is 0 Å². The molecule has 2 rings (SSSR count). The predicted octanol–water partition coefficient (Wildman–Crippen LogP) is 3.85. The molecular formula is C13H15BrN2S. The molecule has 90 valence electrons. The fourth-order valence-electron chi connectivity index (χ4n) is 1.55. The van der Waals surface area contributed by atoms with E-state index >= 15 is 0 Å². The van der Waals surface area contributed by atoms with Crippen LogP contribution in [0.25, 0.3) is 11.3 Å². The molecule has 1 unspecified atom stereocenters. The number of nitrogens with zero attached hydrogens (tertiary/aromatic N) is 1. The number of nitrogens with two attached hydrogens (primary N) is 1. The van der Waals surface area contributed by atoms with Crippen LogP contribution in [-0.4, -0.2) is 11.0 Å². The molecule has 0 spiro atoms. The lowest BCUT2D eigenvalue weighted by molar-refractivity contribution is 0.644. The monoisotopic (exact) mass is 310 g/mol. The van der Waals surface area contributed by atoms with Gasteiger partial charge in [-0.3, -0.25) is 0 Å². The van der Waals surface area contributed by atoms with Crippen LogP contribution in [0.3, 0.4) is 0 Å². The number of rotatable bonds is 4.